The van der Waals surface area contributed by atoms with Gasteiger partial charge in [0.1, 0.15) is 12.1 Å². The highest BCUT2D eigenvalue weighted by Gasteiger charge is 2.25. The van der Waals surface area contributed by atoms with Crippen molar-refractivity contribution in [3.8, 4) is 0 Å². The van der Waals surface area contributed by atoms with E-state index in [1.807, 2.05) is 0 Å². The minimum absolute atomic E-state index is 0.110. The summed E-state index contributed by atoms with van der Waals surface area (Å²) in [5.41, 5.74) is 0.249. The summed E-state index contributed by atoms with van der Waals surface area (Å²) in [6.45, 7) is 7.01. The van der Waals surface area contributed by atoms with Crippen LogP contribution >= 0.6 is 0 Å². The molecule has 1 aliphatic rings. The molecule has 0 aliphatic carbocycles. The molecule has 7 heteroatoms. The highest BCUT2D eigenvalue weighted by Crippen LogP contribution is 2.17. The molecule has 1 amide bonds. The lowest BCUT2D eigenvalue weighted by Crippen LogP contribution is -2.46. The van der Waals surface area contributed by atoms with Crippen LogP contribution in [0.25, 0.3) is 10.9 Å². The molecule has 1 fully saturated rings. The highest BCUT2D eigenvalue weighted by atomic mass is 16.2. The number of hydrogen-bond donors (Lipinski definition) is 1. The van der Waals surface area contributed by atoms with Crippen LogP contribution < -0.4 is 10.9 Å². The van der Waals surface area contributed by atoms with E-state index in [-0.39, 0.29) is 18.0 Å². The van der Waals surface area contributed by atoms with E-state index in [4.69, 9.17) is 0 Å². The van der Waals surface area contributed by atoms with Crippen LogP contribution in [-0.2, 0) is 11.3 Å². The zero-order valence-corrected chi connectivity index (χ0v) is 14.8. The van der Waals surface area contributed by atoms with Crippen LogP contribution in [0.3, 0.4) is 0 Å². The summed E-state index contributed by atoms with van der Waals surface area (Å²) in [6, 6.07) is 7.34. The van der Waals surface area contributed by atoms with Crippen LogP contribution in [0.5, 0.6) is 0 Å². The second kappa shape index (κ2) is 7.74. The zero-order valence-electron chi connectivity index (χ0n) is 14.8. The topological polar surface area (TPSA) is 80.1 Å². The van der Waals surface area contributed by atoms with Gasteiger partial charge in [-0.3, -0.25) is 14.5 Å². The number of aromatic nitrogens is 3. The smallest absolute Gasteiger partial charge is 0.278 e. The summed E-state index contributed by atoms with van der Waals surface area (Å²) < 4.78 is 1.12. The predicted molar refractivity (Wildman–Crippen MR) is 96.2 cm³/mol. The molecular weight excluding hydrogens is 318 g/mol. The zero-order chi connectivity index (χ0) is 17.8. The Hall–Kier alpha value is -2.28. The Kier molecular flexibility index (Phi) is 5.43. The molecule has 0 saturated carbocycles. The lowest BCUT2D eigenvalue weighted by molar-refractivity contribution is -0.122. The van der Waals surface area contributed by atoms with Gasteiger partial charge in [0.05, 0.1) is 5.39 Å². The second-order valence-corrected chi connectivity index (χ2v) is 6.93. The Balaban J connectivity index is 1.64. The summed E-state index contributed by atoms with van der Waals surface area (Å²) in [6.07, 6.45) is 2.44. The van der Waals surface area contributed by atoms with Crippen LogP contribution in [0.15, 0.2) is 29.1 Å². The molecule has 0 bridgehead atoms. The largest absolute Gasteiger partial charge is 0.353 e. The van der Waals surface area contributed by atoms with Crippen molar-refractivity contribution in [3.05, 3.63) is 34.6 Å². The molecule has 2 heterocycles. The molecule has 0 spiro atoms. The fourth-order valence-electron chi connectivity index (χ4n) is 3.40. The number of fused-ring (bicyclic) bond motifs is 1. The van der Waals surface area contributed by atoms with E-state index < -0.39 is 0 Å². The summed E-state index contributed by atoms with van der Waals surface area (Å²) in [5.74, 6) is 0.248. The second-order valence-electron chi connectivity index (χ2n) is 6.93. The van der Waals surface area contributed by atoms with Gasteiger partial charge in [0, 0.05) is 12.6 Å². The van der Waals surface area contributed by atoms with Crippen molar-refractivity contribution in [2.24, 2.45) is 5.92 Å². The molecule has 1 aromatic carbocycles. The van der Waals surface area contributed by atoms with Crippen LogP contribution in [0.2, 0.25) is 0 Å². The Morgan fingerprint density at radius 1 is 1.24 bits per heavy atom. The van der Waals surface area contributed by atoms with Gasteiger partial charge >= 0.3 is 0 Å². The SMILES string of the molecule is CC(C)[C@H](CNC(=O)Cn1nnc2ccccc2c1=O)N1CCCC1. The average molecular weight is 343 g/mol. The molecule has 7 nitrogen and oxygen atoms in total. The molecule has 1 atom stereocenters. The lowest BCUT2D eigenvalue weighted by Gasteiger charge is -2.31. The number of carbonyl (C=O) groups is 1. The number of hydrogen-bond acceptors (Lipinski definition) is 5. The van der Waals surface area contributed by atoms with Crippen LogP contribution in [0.1, 0.15) is 26.7 Å². The molecular formula is C18H25N5O2. The van der Waals surface area contributed by atoms with E-state index in [0.717, 1.165) is 17.8 Å². The molecule has 0 radical (unpaired) electrons. The normalized spacial score (nSPS) is 16.4. The van der Waals surface area contributed by atoms with E-state index in [1.165, 1.54) is 12.8 Å². The van der Waals surface area contributed by atoms with Crippen LogP contribution in [-0.4, -0.2) is 51.5 Å². The van der Waals surface area contributed by atoms with Crippen molar-refractivity contribution < 1.29 is 4.79 Å². The Labute approximate surface area is 147 Å². The maximum absolute atomic E-state index is 12.4. The number of carbonyl (C=O) groups excluding carboxylic acids is 1. The van der Waals surface area contributed by atoms with Crippen molar-refractivity contribution >= 4 is 16.8 Å². The number of benzene rings is 1. The highest BCUT2D eigenvalue weighted by molar-refractivity contribution is 5.78. The summed E-state index contributed by atoms with van der Waals surface area (Å²) >= 11 is 0. The van der Waals surface area contributed by atoms with E-state index >= 15 is 0 Å². The molecule has 25 heavy (non-hydrogen) atoms. The van der Waals surface area contributed by atoms with Gasteiger partial charge in [-0.25, -0.2) is 4.68 Å². The van der Waals surface area contributed by atoms with Crippen molar-refractivity contribution in [1.29, 1.82) is 0 Å². The van der Waals surface area contributed by atoms with Gasteiger partial charge in [-0.1, -0.05) is 31.2 Å². The number of nitrogens with one attached hydrogen (secondary N) is 1. The maximum Gasteiger partial charge on any atom is 0.278 e. The fourth-order valence-corrected chi connectivity index (χ4v) is 3.40. The number of amides is 1. The van der Waals surface area contributed by atoms with Crippen molar-refractivity contribution in [2.45, 2.75) is 39.3 Å². The summed E-state index contributed by atoms with van der Waals surface area (Å²) in [5, 5.41) is 11.3. The van der Waals surface area contributed by atoms with Gasteiger partial charge < -0.3 is 5.32 Å². The quantitative estimate of drug-likeness (QED) is 0.847. The third-order valence-corrected chi connectivity index (χ3v) is 4.81. The average Bonchev–Trinajstić information content (AvgIpc) is 3.12. The molecule has 1 aromatic heterocycles. The number of nitrogens with zero attached hydrogens (tertiary/aromatic N) is 4. The van der Waals surface area contributed by atoms with E-state index in [9.17, 15) is 9.59 Å². The minimum Gasteiger partial charge on any atom is -0.353 e. The first-order valence-corrected chi connectivity index (χ1v) is 8.89. The summed E-state index contributed by atoms with van der Waals surface area (Å²) in [4.78, 5) is 27.1. The molecule has 134 valence electrons. The van der Waals surface area contributed by atoms with Gasteiger partial charge in [-0.05, 0) is 44.0 Å². The Morgan fingerprint density at radius 3 is 2.68 bits per heavy atom. The van der Waals surface area contributed by atoms with Crippen molar-refractivity contribution in [1.82, 2.24) is 25.2 Å². The Morgan fingerprint density at radius 2 is 1.96 bits per heavy atom. The van der Waals surface area contributed by atoms with Gasteiger partial charge in [0.15, 0.2) is 0 Å². The lowest BCUT2D eigenvalue weighted by atomic mass is 10.0. The predicted octanol–water partition coefficient (Wildman–Crippen LogP) is 1.03. The molecule has 0 unspecified atom stereocenters. The van der Waals surface area contributed by atoms with Crippen LogP contribution in [0.4, 0.5) is 0 Å². The fraction of sp³-hybridized carbons (Fsp3) is 0.556. The standard InChI is InChI=1S/C18H25N5O2/c1-13(2)16(22-9-5-6-10-22)11-19-17(24)12-23-18(25)14-7-3-4-8-15(14)20-21-23/h3-4,7-8,13,16H,5-6,9-12H2,1-2H3,(H,19,24)/t16-/m0/s1. The third kappa shape index (κ3) is 4.04. The number of likely N-dealkylation sites (tertiary alicyclic amines) is 1. The molecule has 3 rings (SSSR count). The van der Waals surface area contributed by atoms with Gasteiger partial charge in [0.2, 0.25) is 5.91 Å². The Bertz CT molecular complexity index is 795. The first kappa shape index (κ1) is 17.5. The third-order valence-electron chi connectivity index (χ3n) is 4.81. The van der Waals surface area contributed by atoms with Crippen molar-refractivity contribution in [2.75, 3.05) is 19.6 Å². The summed E-state index contributed by atoms with van der Waals surface area (Å²) in [7, 11) is 0. The first-order chi connectivity index (χ1) is 12.1. The van der Waals surface area contributed by atoms with Gasteiger partial charge in [-0.15, -0.1) is 5.10 Å². The van der Waals surface area contributed by atoms with E-state index in [1.54, 1.807) is 24.3 Å². The number of rotatable bonds is 6. The molecule has 2 aromatic rings. The van der Waals surface area contributed by atoms with Crippen LogP contribution in [0, 0.1) is 5.92 Å². The maximum atomic E-state index is 12.4. The first-order valence-electron chi connectivity index (χ1n) is 8.89. The molecule has 1 N–H and O–H groups in total. The molecule has 1 aliphatic heterocycles. The van der Waals surface area contributed by atoms with Gasteiger partial charge in [-0.2, -0.15) is 0 Å². The monoisotopic (exact) mass is 343 g/mol. The van der Waals surface area contributed by atoms with E-state index in [0.29, 0.717) is 29.4 Å². The van der Waals surface area contributed by atoms with E-state index in [2.05, 4.69) is 34.4 Å². The van der Waals surface area contributed by atoms with Gasteiger partial charge in [0.25, 0.3) is 5.56 Å². The van der Waals surface area contributed by atoms with Crippen molar-refractivity contribution in [3.63, 3.8) is 0 Å². The molecule has 1 saturated heterocycles. The minimum atomic E-state index is -0.291.